The maximum Gasteiger partial charge on any atom is 0.408 e. The van der Waals surface area contributed by atoms with Gasteiger partial charge >= 0.3 is 12.1 Å². The molecule has 33 heavy (non-hydrogen) atoms. The topological polar surface area (TPSA) is 75.6 Å². The second-order valence-electron chi connectivity index (χ2n) is 9.02. The molecule has 1 saturated carbocycles. The molecule has 2 aliphatic rings. The molecule has 0 spiro atoms. The summed E-state index contributed by atoms with van der Waals surface area (Å²) in [6.07, 6.45) is 1.51. The molecule has 0 bridgehead atoms. The largest absolute Gasteiger partial charge is 0.480 e. The van der Waals surface area contributed by atoms with Crippen LogP contribution in [0.2, 0.25) is 0 Å². The number of carbonyl (C=O) groups excluding carboxylic acids is 1. The van der Waals surface area contributed by atoms with Crippen molar-refractivity contribution in [3.63, 3.8) is 0 Å². The van der Waals surface area contributed by atoms with E-state index in [9.17, 15) is 14.7 Å². The number of alkyl carbamates (subject to hydrolysis) is 1. The van der Waals surface area contributed by atoms with Crippen molar-refractivity contribution in [2.24, 2.45) is 0 Å². The van der Waals surface area contributed by atoms with Crippen molar-refractivity contribution >= 4 is 12.1 Å². The van der Waals surface area contributed by atoms with E-state index >= 15 is 0 Å². The molecule has 1 fully saturated rings. The summed E-state index contributed by atoms with van der Waals surface area (Å²) in [5.74, 6) is -0.747. The van der Waals surface area contributed by atoms with Crippen LogP contribution in [-0.4, -0.2) is 29.3 Å². The van der Waals surface area contributed by atoms with Crippen LogP contribution in [0.15, 0.2) is 78.9 Å². The third-order valence-corrected chi connectivity index (χ3v) is 7.20. The van der Waals surface area contributed by atoms with Crippen molar-refractivity contribution in [3.8, 4) is 11.1 Å². The monoisotopic (exact) mass is 441 g/mol. The normalized spacial score (nSPS) is 21.6. The summed E-state index contributed by atoms with van der Waals surface area (Å²) in [4.78, 5) is 24.9. The molecule has 5 nitrogen and oxygen atoms in total. The van der Waals surface area contributed by atoms with Gasteiger partial charge in [-0.1, -0.05) is 78.9 Å². The van der Waals surface area contributed by atoms with Gasteiger partial charge in [-0.3, -0.25) is 0 Å². The predicted molar refractivity (Wildman–Crippen MR) is 126 cm³/mol. The van der Waals surface area contributed by atoms with Gasteiger partial charge in [0.2, 0.25) is 0 Å². The van der Waals surface area contributed by atoms with Gasteiger partial charge < -0.3 is 15.2 Å². The Morgan fingerprint density at radius 2 is 1.39 bits per heavy atom. The van der Waals surface area contributed by atoms with E-state index in [1.807, 2.05) is 42.5 Å². The number of amides is 1. The fourth-order valence-corrected chi connectivity index (χ4v) is 5.39. The van der Waals surface area contributed by atoms with E-state index in [0.29, 0.717) is 31.6 Å². The third-order valence-electron chi connectivity index (χ3n) is 7.20. The third kappa shape index (κ3) is 3.99. The highest BCUT2D eigenvalue weighted by Crippen LogP contribution is 2.44. The Labute approximate surface area is 193 Å². The fourth-order valence-electron chi connectivity index (χ4n) is 5.39. The number of carboxylic acid groups (broad SMARTS) is 1. The van der Waals surface area contributed by atoms with E-state index in [1.165, 1.54) is 5.56 Å². The van der Waals surface area contributed by atoms with Gasteiger partial charge in [0.15, 0.2) is 0 Å². The van der Waals surface area contributed by atoms with Gasteiger partial charge in [-0.2, -0.15) is 0 Å². The Morgan fingerprint density at radius 1 is 0.848 bits per heavy atom. The first-order valence-electron chi connectivity index (χ1n) is 11.5. The SMILES string of the molecule is O=C(NC1(C(=O)O)CCC(c2ccccc2)CC1)OCC1c2ccccc2-c2ccccc21. The minimum absolute atomic E-state index is 0.0576. The van der Waals surface area contributed by atoms with Crippen LogP contribution in [0.4, 0.5) is 4.79 Å². The van der Waals surface area contributed by atoms with E-state index in [0.717, 1.165) is 22.3 Å². The zero-order valence-corrected chi connectivity index (χ0v) is 18.4. The molecule has 0 heterocycles. The van der Waals surface area contributed by atoms with Crippen LogP contribution >= 0.6 is 0 Å². The van der Waals surface area contributed by atoms with Crippen LogP contribution in [0.1, 0.15) is 54.2 Å². The minimum Gasteiger partial charge on any atom is -0.480 e. The molecule has 3 aromatic carbocycles. The summed E-state index contributed by atoms with van der Waals surface area (Å²) in [5.41, 5.74) is 4.50. The molecule has 2 aliphatic carbocycles. The lowest BCUT2D eigenvalue weighted by atomic mass is 9.74. The smallest absolute Gasteiger partial charge is 0.408 e. The molecule has 0 radical (unpaired) electrons. The highest BCUT2D eigenvalue weighted by Gasteiger charge is 2.44. The highest BCUT2D eigenvalue weighted by molar-refractivity contribution is 5.85. The summed E-state index contributed by atoms with van der Waals surface area (Å²) < 4.78 is 5.62. The van der Waals surface area contributed by atoms with E-state index in [-0.39, 0.29) is 12.5 Å². The molecule has 3 aromatic rings. The van der Waals surface area contributed by atoms with Crippen molar-refractivity contribution in [2.75, 3.05) is 6.61 Å². The maximum atomic E-state index is 12.8. The summed E-state index contributed by atoms with van der Waals surface area (Å²) in [6, 6.07) is 26.4. The van der Waals surface area contributed by atoms with Crippen LogP contribution in [0.25, 0.3) is 11.1 Å². The number of nitrogens with one attached hydrogen (secondary N) is 1. The van der Waals surface area contributed by atoms with Crippen molar-refractivity contribution in [2.45, 2.75) is 43.1 Å². The average molecular weight is 442 g/mol. The van der Waals surface area contributed by atoms with E-state index in [2.05, 4.69) is 41.7 Å². The number of carboxylic acids is 1. The quantitative estimate of drug-likeness (QED) is 0.532. The first-order chi connectivity index (χ1) is 16.1. The Hall–Kier alpha value is -3.60. The number of ether oxygens (including phenoxy) is 1. The van der Waals surface area contributed by atoms with Crippen LogP contribution in [-0.2, 0) is 9.53 Å². The van der Waals surface area contributed by atoms with Crippen LogP contribution < -0.4 is 5.32 Å². The average Bonchev–Trinajstić information content (AvgIpc) is 3.17. The standard InChI is InChI=1S/C28H27NO4/c30-26(31)28(16-14-20(15-17-28)19-8-2-1-3-9-19)29-27(32)33-18-25-23-12-6-4-10-21(23)22-11-5-7-13-24(22)25/h1-13,20,25H,14-18H2,(H,29,32)(H,30,31). The van der Waals surface area contributed by atoms with E-state index < -0.39 is 17.6 Å². The number of fused-ring (bicyclic) bond motifs is 3. The molecule has 0 saturated heterocycles. The molecule has 2 N–H and O–H groups in total. The van der Waals surface area contributed by atoms with Crippen molar-refractivity contribution < 1.29 is 19.4 Å². The van der Waals surface area contributed by atoms with Gasteiger partial charge in [-0.05, 0) is 59.4 Å². The molecular weight excluding hydrogens is 414 g/mol. The Morgan fingerprint density at radius 3 is 1.97 bits per heavy atom. The van der Waals surface area contributed by atoms with Gasteiger partial charge in [0.1, 0.15) is 12.1 Å². The molecule has 0 atom stereocenters. The molecule has 5 heteroatoms. The fraction of sp³-hybridized carbons (Fsp3) is 0.286. The number of carbonyl (C=O) groups is 2. The number of benzene rings is 3. The second-order valence-corrected chi connectivity index (χ2v) is 9.02. The first-order valence-corrected chi connectivity index (χ1v) is 11.5. The Kier molecular flexibility index (Phi) is 5.63. The van der Waals surface area contributed by atoms with Crippen molar-refractivity contribution in [1.82, 2.24) is 5.32 Å². The molecule has 1 amide bonds. The van der Waals surface area contributed by atoms with E-state index in [4.69, 9.17) is 4.74 Å². The summed E-state index contributed by atoms with van der Waals surface area (Å²) >= 11 is 0. The highest BCUT2D eigenvalue weighted by atomic mass is 16.5. The lowest BCUT2D eigenvalue weighted by Crippen LogP contribution is -2.56. The van der Waals surface area contributed by atoms with Crippen LogP contribution in [0.3, 0.4) is 0 Å². The summed E-state index contributed by atoms with van der Waals surface area (Å²) in [6.45, 7) is 0.169. The Bertz CT molecular complexity index is 1120. The molecule has 0 aliphatic heterocycles. The number of hydrogen-bond donors (Lipinski definition) is 2. The number of hydrogen-bond acceptors (Lipinski definition) is 3. The lowest BCUT2D eigenvalue weighted by Gasteiger charge is -2.37. The summed E-state index contributed by atoms with van der Waals surface area (Å²) in [7, 11) is 0. The number of rotatable bonds is 5. The maximum absolute atomic E-state index is 12.8. The zero-order chi connectivity index (χ0) is 22.8. The Balaban J connectivity index is 1.25. The van der Waals surface area contributed by atoms with Crippen LogP contribution in [0.5, 0.6) is 0 Å². The molecule has 5 rings (SSSR count). The van der Waals surface area contributed by atoms with Crippen molar-refractivity contribution in [1.29, 1.82) is 0 Å². The zero-order valence-electron chi connectivity index (χ0n) is 18.4. The van der Waals surface area contributed by atoms with E-state index in [1.54, 1.807) is 0 Å². The lowest BCUT2D eigenvalue weighted by molar-refractivity contribution is -0.146. The number of aliphatic carboxylic acids is 1. The van der Waals surface area contributed by atoms with Gasteiger partial charge in [-0.15, -0.1) is 0 Å². The predicted octanol–water partition coefficient (Wildman–Crippen LogP) is 5.71. The first kappa shape index (κ1) is 21.3. The van der Waals surface area contributed by atoms with Crippen LogP contribution in [0, 0.1) is 0 Å². The molecular formula is C28H27NO4. The second kappa shape index (κ2) is 8.74. The van der Waals surface area contributed by atoms with Gasteiger partial charge in [0.05, 0.1) is 0 Å². The van der Waals surface area contributed by atoms with Gasteiger partial charge in [-0.25, -0.2) is 9.59 Å². The molecule has 168 valence electrons. The molecule has 0 unspecified atom stereocenters. The van der Waals surface area contributed by atoms with Crippen molar-refractivity contribution in [3.05, 3.63) is 95.6 Å². The molecule has 0 aromatic heterocycles. The minimum atomic E-state index is -1.28. The van der Waals surface area contributed by atoms with Gasteiger partial charge in [0, 0.05) is 5.92 Å². The summed E-state index contributed by atoms with van der Waals surface area (Å²) in [5, 5.41) is 12.7. The van der Waals surface area contributed by atoms with Gasteiger partial charge in [0.25, 0.3) is 0 Å².